The number of carbonyl (C=O) groups excluding carboxylic acids is 2. The summed E-state index contributed by atoms with van der Waals surface area (Å²) in [5.74, 6) is -1.49. The molecule has 8 heteroatoms. The molecular weight excluding hydrogens is 362 g/mol. The van der Waals surface area contributed by atoms with E-state index in [1.807, 2.05) is 6.92 Å². The van der Waals surface area contributed by atoms with E-state index < -0.39 is 22.9 Å². The first-order chi connectivity index (χ1) is 13.4. The number of rotatable bonds is 2. The van der Waals surface area contributed by atoms with Crippen LogP contribution in [0, 0.1) is 6.92 Å². The number of fused-ring (bicyclic) bond motifs is 4. The number of carbonyl (C=O) groups is 2. The predicted molar refractivity (Wildman–Crippen MR) is 101 cm³/mol. The molecule has 0 bridgehead atoms. The zero-order chi connectivity index (χ0) is 20.2. The minimum atomic E-state index is -1.75. The molecule has 1 aromatic heterocycles. The van der Waals surface area contributed by atoms with Gasteiger partial charge in [0.1, 0.15) is 16.7 Å². The molecule has 3 heterocycles. The van der Waals surface area contributed by atoms with Crippen molar-refractivity contribution in [1.29, 1.82) is 0 Å². The molecule has 8 nitrogen and oxygen atoms in total. The first-order valence-corrected chi connectivity index (χ1v) is 8.80. The van der Waals surface area contributed by atoms with Gasteiger partial charge in [0.15, 0.2) is 0 Å². The van der Waals surface area contributed by atoms with Gasteiger partial charge in [-0.15, -0.1) is 0 Å². The van der Waals surface area contributed by atoms with E-state index in [1.54, 1.807) is 37.3 Å². The Labute approximate surface area is 160 Å². The molecule has 28 heavy (non-hydrogen) atoms. The van der Waals surface area contributed by atoms with Gasteiger partial charge in [-0.05, 0) is 19.9 Å². The van der Waals surface area contributed by atoms with Gasteiger partial charge in [0.2, 0.25) is 11.8 Å². The van der Waals surface area contributed by atoms with E-state index in [0.717, 1.165) is 0 Å². The molecule has 1 aromatic carbocycles. The van der Waals surface area contributed by atoms with Gasteiger partial charge in [-0.1, -0.05) is 18.2 Å². The molecular formula is C20H19N3O5. The number of hydrogen-bond donors (Lipinski definition) is 2. The summed E-state index contributed by atoms with van der Waals surface area (Å²) in [6.45, 7) is 3.98. The second-order valence-corrected chi connectivity index (χ2v) is 6.66. The predicted octanol–water partition coefficient (Wildman–Crippen LogP) is 1.15. The number of aromatic nitrogens is 1. The van der Waals surface area contributed by atoms with Crippen LogP contribution >= 0.6 is 0 Å². The highest BCUT2D eigenvalue weighted by Crippen LogP contribution is 2.52. The van der Waals surface area contributed by atoms with E-state index in [1.165, 1.54) is 11.7 Å². The van der Waals surface area contributed by atoms with Crippen molar-refractivity contribution in [2.75, 3.05) is 12.4 Å². The summed E-state index contributed by atoms with van der Waals surface area (Å²) in [6.07, 6.45) is 0. The topological polar surface area (TPSA) is 113 Å². The molecule has 1 amide bonds. The molecule has 4 rings (SSSR count). The van der Waals surface area contributed by atoms with Gasteiger partial charge in [-0.2, -0.15) is 0 Å². The SMILES string of the molecule is CCn1c(C)cc2c(c1=O)[C@]1(C(=O)Nc3ccccc31)C(C(=O)OC)=C(N)O2. The first kappa shape index (κ1) is 17.8. The highest BCUT2D eigenvalue weighted by atomic mass is 16.5. The normalized spacial score (nSPS) is 19.8. The lowest BCUT2D eigenvalue weighted by Gasteiger charge is -2.35. The van der Waals surface area contributed by atoms with Crippen LogP contribution < -0.4 is 21.3 Å². The fraction of sp³-hybridized carbons (Fsp3) is 0.250. The molecule has 3 N–H and O–H groups in total. The molecule has 2 aliphatic rings. The first-order valence-electron chi connectivity index (χ1n) is 8.80. The van der Waals surface area contributed by atoms with E-state index in [4.69, 9.17) is 15.2 Å². The van der Waals surface area contributed by atoms with Crippen molar-refractivity contribution in [3.63, 3.8) is 0 Å². The molecule has 1 spiro atoms. The quantitative estimate of drug-likeness (QED) is 0.755. The fourth-order valence-corrected chi connectivity index (χ4v) is 4.15. The van der Waals surface area contributed by atoms with Crippen molar-refractivity contribution < 1.29 is 19.1 Å². The molecule has 2 aliphatic heterocycles. The number of nitrogens with two attached hydrogens (primary N) is 1. The highest BCUT2D eigenvalue weighted by molar-refractivity contribution is 6.17. The lowest BCUT2D eigenvalue weighted by atomic mass is 9.68. The second-order valence-electron chi connectivity index (χ2n) is 6.66. The van der Waals surface area contributed by atoms with Gasteiger partial charge in [0, 0.05) is 29.6 Å². The van der Waals surface area contributed by atoms with E-state index in [0.29, 0.717) is 23.5 Å². The number of amides is 1. The van der Waals surface area contributed by atoms with Crippen LogP contribution in [0.2, 0.25) is 0 Å². The number of hydrogen-bond acceptors (Lipinski definition) is 6. The number of esters is 1. The largest absolute Gasteiger partial charge is 0.465 e. The maximum Gasteiger partial charge on any atom is 0.340 e. The lowest BCUT2D eigenvalue weighted by Crippen LogP contribution is -2.50. The Morgan fingerprint density at radius 1 is 1.32 bits per heavy atom. The monoisotopic (exact) mass is 381 g/mol. The van der Waals surface area contributed by atoms with Crippen LogP contribution in [0.25, 0.3) is 0 Å². The minimum absolute atomic E-state index is 0.0528. The molecule has 2 aromatic rings. The summed E-state index contributed by atoms with van der Waals surface area (Å²) in [4.78, 5) is 39.5. The Balaban J connectivity index is 2.22. The van der Waals surface area contributed by atoms with Crippen molar-refractivity contribution in [2.45, 2.75) is 25.8 Å². The van der Waals surface area contributed by atoms with Crippen molar-refractivity contribution in [1.82, 2.24) is 4.57 Å². The molecule has 0 aliphatic carbocycles. The van der Waals surface area contributed by atoms with Crippen molar-refractivity contribution in [3.05, 3.63) is 69.0 Å². The summed E-state index contributed by atoms with van der Waals surface area (Å²) in [5, 5.41) is 2.77. The molecule has 0 radical (unpaired) electrons. The van der Waals surface area contributed by atoms with Crippen LogP contribution in [0.3, 0.4) is 0 Å². The Hall–Kier alpha value is -3.55. The average molecular weight is 381 g/mol. The molecule has 144 valence electrons. The third-order valence-corrected chi connectivity index (χ3v) is 5.31. The molecule has 0 unspecified atom stereocenters. The zero-order valence-electron chi connectivity index (χ0n) is 15.7. The van der Waals surface area contributed by atoms with Crippen LogP contribution in [0.15, 0.2) is 46.6 Å². The molecule has 0 saturated heterocycles. The molecule has 1 atom stereocenters. The number of methoxy groups -OCH3 is 1. The Morgan fingerprint density at radius 3 is 2.71 bits per heavy atom. The minimum Gasteiger partial charge on any atom is -0.465 e. The van der Waals surface area contributed by atoms with Gasteiger partial charge in [-0.3, -0.25) is 9.59 Å². The van der Waals surface area contributed by atoms with Gasteiger partial charge in [0.05, 0.1) is 12.7 Å². The average Bonchev–Trinajstić information content (AvgIpc) is 2.94. The smallest absolute Gasteiger partial charge is 0.340 e. The van der Waals surface area contributed by atoms with Crippen molar-refractivity contribution >= 4 is 17.6 Å². The number of pyridine rings is 1. The summed E-state index contributed by atoms with van der Waals surface area (Å²) < 4.78 is 12.1. The third-order valence-electron chi connectivity index (χ3n) is 5.31. The summed E-state index contributed by atoms with van der Waals surface area (Å²) in [5.41, 5.74) is 5.38. The highest BCUT2D eigenvalue weighted by Gasteiger charge is 2.60. The fourth-order valence-electron chi connectivity index (χ4n) is 4.15. The van der Waals surface area contributed by atoms with Crippen molar-refractivity contribution in [2.24, 2.45) is 5.73 Å². The Bertz CT molecular complexity index is 1130. The van der Waals surface area contributed by atoms with Crippen LogP contribution in [-0.2, 0) is 26.3 Å². The van der Waals surface area contributed by atoms with Crippen LogP contribution in [-0.4, -0.2) is 23.6 Å². The van der Waals surface area contributed by atoms with Gasteiger partial charge in [-0.25, -0.2) is 4.79 Å². The summed E-state index contributed by atoms with van der Waals surface area (Å²) >= 11 is 0. The third kappa shape index (κ3) is 2.02. The Kier molecular flexibility index (Phi) is 3.81. The van der Waals surface area contributed by atoms with Gasteiger partial charge < -0.3 is 25.1 Å². The maximum atomic E-state index is 13.4. The number of nitrogens with one attached hydrogen (secondary N) is 1. The van der Waals surface area contributed by atoms with Crippen LogP contribution in [0.5, 0.6) is 5.75 Å². The molecule has 0 saturated carbocycles. The van der Waals surface area contributed by atoms with E-state index >= 15 is 0 Å². The number of anilines is 1. The number of para-hydroxylation sites is 1. The van der Waals surface area contributed by atoms with Crippen LogP contribution in [0.4, 0.5) is 5.69 Å². The standard InChI is InChI=1S/C20H19N3O5/c1-4-23-10(2)9-13-14(17(23)24)20(15(16(21)28-13)18(25)27-3)11-7-5-6-8-12(11)22-19(20)26/h5-9H,4,21H2,1-3H3,(H,22,26)/t20-/m0/s1. The number of aryl methyl sites for hydroxylation is 1. The maximum absolute atomic E-state index is 13.4. The molecule has 0 fully saturated rings. The Morgan fingerprint density at radius 2 is 2.04 bits per heavy atom. The van der Waals surface area contributed by atoms with E-state index in [-0.39, 0.29) is 22.8 Å². The summed E-state index contributed by atoms with van der Waals surface area (Å²) in [7, 11) is 1.18. The summed E-state index contributed by atoms with van der Waals surface area (Å²) in [6, 6.07) is 8.52. The van der Waals surface area contributed by atoms with E-state index in [2.05, 4.69) is 5.32 Å². The van der Waals surface area contributed by atoms with Crippen LogP contribution in [0.1, 0.15) is 23.7 Å². The second kappa shape index (κ2) is 5.98. The van der Waals surface area contributed by atoms with Gasteiger partial charge >= 0.3 is 5.97 Å². The zero-order valence-corrected chi connectivity index (χ0v) is 15.7. The number of ether oxygens (including phenoxy) is 2. The van der Waals surface area contributed by atoms with Gasteiger partial charge in [0.25, 0.3) is 5.56 Å². The number of benzene rings is 1. The number of nitrogens with zero attached hydrogens (tertiary/aromatic N) is 1. The van der Waals surface area contributed by atoms with E-state index in [9.17, 15) is 14.4 Å². The lowest BCUT2D eigenvalue weighted by molar-refractivity contribution is -0.138. The van der Waals surface area contributed by atoms with Crippen molar-refractivity contribution in [3.8, 4) is 5.75 Å².